The molecule has 2 aromatic heterocycles. The summed E-state index contributed by atoms with van der Waals surface area (Å²) in [6.45, 7) is 1.06. The second-order valence-corrected chi connectivity index (χ2v) is 6.31. The van der Waals surface area contributed by atoms with Crippen molar-refractivity contribution in [2.75, 3.05) is 20.8 Å². The number of ether oxygens (including phenoxy) is 3. The molecule has 0 spiro atoms. The van der Waals surface area contributed by atoms with E-state index >= 15 is 0 Å². The van der Waals surface area contributed by atoms with Crippen molar-refractivity contribution in [2.45, 2.75) is 31.7 Å². The maximum Gasteiger partial charge on any atom is 0.361 e. The number of aliphatic hydroxyl groups excluding tert-OH is 1. The van der Waals surface area contributed by atoms with Gasteiger partial charge in [0.25, 0.3) is 5.56 Å². The Bertz CT molecular complexity index is 1050. The summed E-state index contributed by atoms with van der Waals surface area (Å²) in [6.07, 6.45) is -0.318. The number of esters is 2. The van der Waals surface area contributed by atoms with Gasteiger partial charge >= 0.3 is 17.6 Å². The molecular weight excluding hydrogens is 390 g/mol. The molecule has 13 nitrogen and oxygen atoms in total. The third-order valence-electron chi connectivity index (χ3n) is 4.61. The van der Waals surface area contributed by atoms with Gasteiger partial charge in [-0.05, 0) is 6.92 Å². The number of nitrogens with one attached hydrogen (secondary N) is 1. The number of nitrogens with zero attached hydrogens (tertiary/aromatic N) is 4. The number of aromatic nitrogens is 5. The van der Waals surface area contributed by atoms with Crippen LogP contribution in [0.25, 0.3) is 0 Å². The highest BCUT2D eigenvalue weighted by atomic mass is 16.5. The number of aliphatic hydroxyl groups is 1. The van der Waals surface area contributed by atoms with Crippen molar-refractivity contribution in [1.82, 2.24) is 24.5 Å². The smallest absolute Gasteiger partial charge is 0.361 e. The fourth-order valence-electron chi connectivity index (χ4n) is 3.15. The van der Waals surface area contributed by atoms with Crippen LogP contribution in [0.2, 0.25) is 0 Å². The lowest BCUT2D eigenvalue weighted by Crippen LogP contribution is -2.33. The molecule has 1 saturated heterocycles. The third-order valence-corrected chi connectivity index (χ3v) is 4.61. The van der Waals surface area contributed by atoms with E-state index in [1.165, 1.54) is 17.7 Å². The van der Waals surface area contributed by atoms with Crippen LogP contribution >= 0.6 is 0 Å². The molecule has 1 aliphatic rings. The minimum absolute atomic E-state index is 0.0879. The predicted octanol–water partition coefficient (Wildman–Crippen LogP) is -1.47. The van der Waals surface area contributed by atoms with Crippen molar-refractivity contribution in [3.05, 3.63) is 44.0 Å². The second-order valence-electron chi connectivity index (χ2n) is 6.31. The fourth-order valence-corrected chi connectivity index (χ4v) is 3.15. The van der Waals surface area contributed by atoms with Gasteiger partial charge in [0.2, 0.25) is 5.69 Å². The number of carbonyl (C=O) groups is 2. The number of aryl methyl sites for hydroxylation is 1. The summed E-state index contributed by atoms with van der Waals surface area (Å²) in [7, 11) is 2.25. The van der Waals surface area contributed by atoms with Crippen molar-refractivity contribution >= 4 is 11.9 Å². The highest BCUT2D eigenvalue weighted by Gasteiger charge is 2.41. The van der Waals surface area contributed by atoms with Crippen LogP contribution in [0.15, 0.2) is 15.8 Å². The molecule has 13 heteroatoms. The summed E-state index contributed by atoms with van der Waals surface area (Å²) in [4.78, 5) is 50.1. The molecule has 156 valence electrons. The van der Waals surface area contributed by atoms with E-state index in [9.17, 15) is 24.3 Å². The summed E-state index contributed by atoms with van der Waals surface area (Å²) < 4.78 is 17.3. The van der Waals surface area contributed by atoms with Crippen LogP contribution in [-0.4, -0.2) is 68.5 Å². The van der Waals surface area contributed by atoms with E-state index in [1.807, 2.05) is 0 Å². The SMILES string of the molecule is COC(=O)c1nnn(C2C[C@H](n3cc(C)c(=O)[nH]c3=O)O[C@@H]2CO)c1C(=O)OC. The van der Waals surface area contributed by atoms with Gasteiger partial charge in [0.05, 0.1) is 26.9 Å². The molecule has 0 saturated carbocycles. The lowest BCUT2D eigenvalue weighted by Gasteiger charge is -2.17. The first kappa shape index (κ1) is 20.4. The third kappa shape index (κ3) is 3.56. The Hall–Kier alpha value is -3.32. The zero-order valence-corrected chi connectivity index (χ0v) is 15.8. The molecule has 29 heavy (non-hydrogen) atoms. The van der Waals surface area contributed by atoms with E-state index in [0.717, 1.165) is 18.9 Å². The van der Waals surface area contributed by atoms with Crippen LogP contribution in [0.4, 0.5) is 0 Å². The Morgan fingerprint density at radius 2 is 2.00 bits per heavy atom. The van der Waals surface area contributed by atoms with E-state index in [-0.39, 0.29) is 17.8 Å². The van der Waals surface area contributed by atoms with E-state index < -0.39 is 48.2 Å². The molecule has 0 radical (unpaired) electrons. The summed E-state index contributed by atoms with van der Waals surface area (Å²) in [5, 5.41) is 17.3. The van der Waals surface area contributed by atoms with Gasteiger partial charge in [-0.3, -0.25) is 14.3 Å². The van der Waals surface area contributed by atoms with Crippen LogP contribution in [0, 0.1) is 6.92 Å². The van der Waals surface area contributed by atoms with E-state index in [0.29, 0.717) is 5.56 Å². The Balaban J connectivity index is 2.04. The molecule has 0 aromatic carbocycles. The highest BCUT2D eigenvalue weighted by molar-refractivity contribution is 6.00. The molecule has 0 amide bonds. The average Bonchev–Trinajstić information content (AvgIpc) is 3.33. The molecule has 2 N–H and O–H groups in total. The Kier molecular flexibility index (Phi) is 5.61. The highest BCUT2D eigenvalue weighted by Crippen LogP contribution is 2.36. The minimum atomic E-state index is -0.889. The van der Waals surface area contributed by atoms with Crippen LogP contribution < -0.4 is 11.2 Å². The molecule has 0 aliphatic carbocycles. The van der Waals surface area contributed by atoms with Crippen molar-refractivity contribution in [3.63, 3.8) is 0 Å². The number of carbonyl (C=O) groups excluding carboxylic acids is 2. The predicted molar refractivity (Wildman–Crippen MR) is 93.4 cm³/mol. The normalized spacial score (nSPS) is 21.2. The molecule has 1 unspecified atom stereocenters. The average molecular weight is 409 g/mol. The van der Waals surface area contributed by atoms with Crippen molar-refractivity contribution in [2.24, 2.45) is 0 Å². The molecule has 1 aliphatic heterocycles. The first-order chi connectivity index (χ1) is 13.8. The van der Waals surface area contributed by atoms with Gasteiger partial charge in [0.15, 0.2) is 5.69 Å². The summed E-state index contributed by atoms with van der Waals surface area (Å²) in [5.41, 5.74) is -1.54. The van der Waals surface area contributed by atoms with E-state index in [1.54, 1.807) is 0 Å². The van der Waals surface area contributed by atoms with Crippen molar-refractivity contribution < 1.29 is 28.9 Å². The molecule has 3 heterocycles. The van der Waals surface area contributed by atoms with Gasteiger partial charge in [0, 0.05) is 18.2 Å². The molecule has 2 aromatic rings. The number of aromatic amines is 1. The van der Waals surface area contributed by atoms with Crippen LogP contribution in [-0.2, 0) is 14.2 Å². The first-order valence-electron chi connectivity index (χ1n) is 8.52. The van der Waals surface area contributed by atoms with Gasteiger partial charge in [-0.25, -0.2) is 19.1 Å². The molecule has 3 rings (SSSR count). The monoisotopic (exact) mass is 409 g/mol. The minimum Gasteiger partial charge on any atom is -0.464 e. The first-order valence-corrected chi connectivity index (χ1v) is 8.52. The number of H-pyrrole nitrogens is 1. The van der Waals surface area contributed by atoms with Gasteiger partial charge in [-0.15, -0.1) is 5.10 Å². The zero-order chi connectivity index (χ0) is 21.3. The topological polar surface area (TPSA) is 168 Å². The van der Waals surface area contributed by atoms with E-state index in [4.69, 9.17) is 9.47 Å². The number of hydrogen-bond acceptors (Lipinski definition) is 10. The Labute approximate surface area is 162 Å². The van der Waals surface area contributed by atoms with Crippen LogP contribution in [0.5, 0.6) is 0 Å². The summed E-state index contributed by atoms with van der Waals surface area (Å²) in [6, 6.07) is -0.760. The lowest BCUT2D eigenvalue weighted by molar-refractivity contribution is -0.0325. The summed E-state index contributed by atoms with van der Waals surface area (Å²) in [5.74, 6) is -1.77. The molecule has 3 atom stereocenters. The van der Waals surface area contributed by atoms with Gasteiger partial charge in [0.1, 0.15) is 12.3 Å². The van der Waals surface area contributed by atoms with E-state index in [2.05, 4.69) is 20.0 Å². The van der Waals surface area contributed by atoms with Gasteiger partial charge < -0.3 is 19.3 Å². The molecule has 1 fully saturated rings. The molecular formula is C16H19N5O8. The van der Waals surface area contributed by atoms with Crippen LogP contribution in [0.1, 0.15) is 45.2 Å². The Morgan fingerprint density at radius 3 is 2.62 bits per heavy atom. The van der Waals surface area contributed by atoms with Crippen molar-refractivity contribution in [1.29, 1.82) is 0 Å². The fraction of sp³-hybridized carbons (Fsp3) is 0.500. The number of methoxy groups -OCH3 is 2. The van der Waals surface area contributed by atoms with Gasteiger partial charge in [-0.1, -0.05) is 5.21 Å². The van der Waals surface area contributed by atoms with Crippen LogP contribution in [0.3, 0.4) is 0 Å². The Morgan fingerprint density at radius 1 is 1.31 bits per heavy atom. The lowest BCUT2D eigenvalue weighted by atomic mass is 10.1. The summed E-state index contributed by atoms with van der Waals surface area (Å²) >= 11 is 0. The maximum atomic E-state index is 12.2. The zero-order valence-electron chi connectivity index (χ0n) is 15.8. The van der Waals surface area contributed by atoms with Crippen molar-refractivity contribution in [3.8, 4) is 0 Å². The number of hydrogen-bond donors (Lipinski definition) is 2. The maximum absolute atomic E-state index is 12.2. The standard InChI is InChI=1S/C16H19N5O8/c1-7-5-20(16(26)17-13(7)23)10-4-8(9(6-22)29-10)21-12(15(25)28-3)11(18-19-21)14(24)27-2/h5,8-10,22H,4,6H2,1-3H3,(H,17,23,26)/t8?,9-,10-/m1/s1. The second kappa shape index (κ2) is 7.97. The van der Waals surface area contributed by atoms with Gasteiger partial charge in [-0.2, -0.15) is 0 Å². The molecule has 0 bridgehead atoms. The number of rotatable bonds is 5. The largest absolute Gasteiger partial charge is 0.464 e. The quantitative estimate of drug-likeness (QED) is 0.556.